The van der Waals surface area contributed by atoms with Crippen molar-refractivity contribution >= 4 is 17.7 Å². The number of H-pyrrole nitrogens is 1. The third kappa shape index (κ3) is 4.85. The van der Waals surface area contributed by atoms with E-state index in [9.17, 15) is 4.79 Å². The third-order valence-corrected chi connectivity index (χ3v) is 4.98. The molecule has 0 bridgehead atoms. The summed E-state index contributed by atoms with van der Waals surface area (Å²) in [4.78, 5) is 20.0. The maximum absolute atomic E-state index is 12.1. The molecule has 24 heavy (non-hydrogen) atoms. The van der Waals surface area contributed by atoms with Gasteiger partial charge in [-0.2, -0.15) is 0 Å². The van der Waals surface area contributed by atoms with Gasteiger partial charge in [0.2, 0.25) is 5.91 Å². The minimum Gasteiger partial charge on any atom is -0.381 e. The smallest absolute Gasteiger partial charge is 0.230 e. The first-order valence-corrected chi connectivity index (χ1v) is 9.28. The number of nitrogens with zero attached hydrogens (tertiary/aromatic N) is 1. The minimum atomic E-state index is 0.0607. The summed E-state index contributed by atoms with van der Waals surface area (Å²) in [5, 5.41) is 3.87. The van der Waals surface area contributed by atoms with E-state index in [1.807, 2.05) is 25.1 Å². The van der Waals surface area contributed by atoms with Crippen LogP contribution in [0.5, 0.6) is 0 Å². The molecular formula is C18H23N3O2S. The maximum Gasteiger partial charge on any atom is 0.230 e. The van der Waals surface area contributed by atoms with Crippen LogP contribution in [0.2, 0.25) is 0 Å². The Labute approximate surface area is 146 Å². The SMILES string of the molecule is Cc1[nH]c(SCC(=O)NC2CCOCC2)nc1Cc1ccccc1. The first-order chi connectivity index (χ1) is 11.7. The van der Waals surface area contributed by atoms with Crippen LogP contribution in [0.15, 0.2) is 35.5 Å². The monoisotopic (exact) mass is 345 g/mol. The molecule has 0 spiro atoms. The van der Waals surface area contributed by atoms with E-state index in [1.165, 1.54) is 17.3 Å². The van der Waals surface area contributed by atoms with Crippen molar-refractivity contribution in [1.82, 2.24) is 15.3 Å². The molecule has 1 saturated heterocycles. The quantitative estimate of drug-likeness (QED) is 0.790. The van der Waals surface area contributed by atoms with Crippen molar-refractivity contribution < 1.29 is 9.53 Å². The highest BCUT2D eigenvalue weighted by Gasteiger charge is 2.16. The number of aromatic amines is 1. The molecule has 6 heteroatoms. The number of hydrogen-bond acceptors (Lipinski definition) is 4. The Bertz CT molecular complexity index is 666. The lowest BCUT2D eigenvalue weighted by Gasteiger charge is -2.22. The Balaban J connectivity index is 1.50. The van der Waals surface area contributed by atoms with Gasteiger partial charge in [0.15, 0.2) is 5.16 Å². The van der Waals surface area contributed by atoms with Gasteiger partial charge in [-0.15, -0.1) is 0 Å². The van der Waals surface area contributed by atoms with Gasteiger partial charge in [-0.1, -0.05) is 42.1 Å². The first-order valence-electron chi connectivity index (χ1n) is 8.30. The average molecular weight is 345 g/mol. The van der Waals surface area contributed by atoms with Crippen molar-refractivity contribution in [2.45, 2.75) is 37.4 Å². The predicted molar refractivity (Wildman–Crippen MR) is 95.3 cm³/mol. The lowest BCUT2D eigenvalue weighted by atomic mass is 10.1. The second-order valence-corrected chi connectivity index (χ2v) is 6.98. The molecule has 2 heterocycles. The summed E-state index contributed by atoms with van der Waals surface area (Å²) in [5.74, 6) is 0.445. The molecule has 1 amide bonds. The van der Waals surface area contributed by atoms with E-state index in [2.05, 4.69) is 27.4 Å². The summed E-state index contributed by atoms with van der Waals surface area (Å²) in [6, 6.07) is 10.5. The zero-order chi connectivity index (χ0) is 16.8. The van der Waals surface area contributed by atoms with E-state index in [4.69, 9.17) is 4.74 Å². The van der Waals surface area contributed by atoms with Gasteiger partial charge in [0.25, 0.3) is 0 Å². The molecule has 0 atom stereocenters. The largest absolute Gasteiger partial charge is 0.381 e. The van der Waals surface area contributed by atoms with Crippen LogP contribution in [0, 0.1) is 6.92 Å². The lowest BCUT2D eigenvalue weighted by molar-refractivity contribution is -0.119. The minimum absolute atomic E-state index is 0.0607. The van der Waals surface area contributed by atoms with Crippen LogP contribution in [0.3, 0.4) is 0 Å². The third-order valence-electron chi connectivity index (χ3n) is 4.10. The standard InChI is InChI=1S/C18H23N3O2S/c1-13-16(11-14-5-3-2-4-6-14)21-18(19-13)24-12-17(22)20-15-7-9-23-10-8-15/h2-6,15H,7-12H2,1H3,(H,19,21)(H,20,22). The number of ether oxygens (including phenoxy) is 1. The number of thioether (sulfide) groups is 1. The second kappa shape index (κ2) is 8.35. The number of carbonyl (C=O) groups is 1. The summed E-state index contributed by atoms with van der Waals surface area (Å²) in [5.41, 5.74) is 3.33. The number of rotatable bonds is 6. The fourth-order valence-electron chi connectivity index (χ4n) is 2.74. The molecule has 1 fully saturated rings. The Hall–Kier alpha value is -1.79. The van der Waals surface area contributed by atoms with E-state index in [1.54, 1.807) is 0 Å². The summed E-state index contributed by atoms with van der Waals surface area (Å²) in [6.45, 7) is 3.49. The lowest BCUT2D eigenvalue weighted by Crippen LogP contribution is -2.39. The van der Waals surface area contributed by atoms with Gasteiger partial charge in [-0.3, -0.25) is 4.79 Å². The molecule has 0 radical (unpaired) electrons. The number of benzene rings is 1. The van der Waals surface area contributed by atoms with Crippen LogP contribution in [0.1, 0.15) is 29.8 Å². The highest BCUT2D eigenvalue weighted by molar-refractivity contribution is 7.99. The van der Waals surface area contributed by atoms with Crippen LogP contribution in [-0.2, 0) is 16.0 Å². The van der Waals surface area contributed by atoms with Gasteiger partial charge in [0.05, 0.1) is 11.4 Å². The van der Waals surface area contributed by atoms with Crippen molar-refractivity contribution in [1.29, 1.82) is 0 Å². The molecule has 1 aliphatic heterocycles. The van der Waals surface area contributed by atoms with Crippen LogP contribution in [-0.4, -0.2) is 40.9 Å². The number of aryl methyl sites for hydroxylation is 1. The van der Waals surface area contributed by atoms with Crippen LogP contribution in [0.4, 0.5) is 0 Å². The van der Waals surface area contributed by atoms with E-state index < -0.39 is 0 Å². The Morgan fingerprint density at radius 2 is 2.08 bits per heavy atom. The van der Waals surface area contributed by atoms with E-state index in [0.29, 0.717) is 5.75 Å². The molecule has 2 N–H and O–H groups in total. The van der Waals surface area contributed by atoms with Gasteiger partial charge in [0, 0.05) is 31.4 Å². The molecule has 0 unspecified atom stereocenters. The van der Waals surface area contributed by atoms with Crippen molar-refractivity contribution in [3.63, 3.8) is 0 Å². The van der Waals surface area contributed by atoms with E-state index >= 15 is 0 Å². The van der Waals surface area contributed by atoms with Gasteiger partial charge in [0.1, 0.15) is 0 Å². The van der Waals surface area contributed by atoms with Crippen molar-refractivity contribution in [3.8, 4) is 0 Å². The second-order valence-electron chi connectivity index (χ2n) is 6.02. The average Bonchev–Trinajstić information content (AvgIpc) is 2.95. The highest BCUT2D eigenvalue weighted by Crippen LogP contribution is 2.19. The zero-order valence-electron chi connectivity index (χ0n) is 13.9. The molecular weight excluding hydrogens is 322 g/mol. The van der Waals surface area contributed by atoms with Gasteiger partial charge in [-0.25, -0.2) is 4.98 Å². The molecule has 2 aromatic rings. The topological polar surface area (TPSA) is 67.0 Å². The first kappa shape index (κ1) is 17.0. The summed E-state index contributed by atoms with van der Waals surface area (Å²) in [6.07, 6.45) is 2.60. The molecule has 0 aliphatic carbocycles. The molecule has 128 valence electrons. The zero-order valence-corrected chi connectivity index (χ0v) is 14.7. The number of hydrogen-bond donors (Lipinski definition) is 2. The maximum atomic E-state index is 12.1. The summed E-state index contributed by atoms with van der Waals surface area (Å²) < 4.78 is 5.30. The fraction of sp³-hybridized carbons (Fsp3) is 0.444. The summed E-state index contributed by atoms with van der Waals surface area (Å²) in [7, 11) is 0. The molecule has 0 saturated carbocycles. The summed E-state index contributed by atoms with van der Waals surface area (Å²) >= 11 is 1.45. The van der Waals surface area contributed by atoms with E-state index in [0.717, 1.165) is 49.0 Å². The van der Waals surface area contributed by atoms with Crippen molar-refractivity contribution in [2.75, 3.05) is 19.0 Å². The van der Waals surface area contributed by atoms with Crippen molar-refractivity contribution in [2.24, 2.45) is 0 Å². The number of carbonyl (C=O) groups excluding carboxylic acids is 1. The number of aromatic nitrogens is 2. The Morgan fingerprint density at radius 1 is 1.33 bits per heavy atom. The highest BCUT2D eigenvalue weighted by atomic mass is 32.2. The number of imidazole rings is 1. The molecule has 3 rings (SSSR count). The van der Waals surface area contributed by atoms with Crippen LogP contribution >= 0.6 is 11.8 Å². The van der Waals surface area contributed by atoms with E-state index in [-0.39, 0.29) is 11.9 Å². The number of nitrogens with one attached hydrogen (secondary N) is 2. The molecule has 1 aromatic carbocycles. The Kier molecular flexibility index (Phi) is 5.93. The van der Waals surface area contributed by atoms with Gasteiger partial charge in [-0.05, 0) is 25.3 Å². The number of amides is 1. The Morgan fingerprint density at radius 3 is 2.83 bits per heavy atom. The van der Waals surface area contributed by atoms with Gasteiger partial charge >= 0.3 is 0 Å². The normalized spacial score (nSPS) is 15.4. The predicted octanol–water partition coefficient (Wildman–Crippen LogP) is 2.70. The molecule has 5 nitrogen and oxygen atoms in total. The van der Waals surface area contributed by atoms with Crippen molar-refractivity contribution in [3.05, 3.63) is 47.3 Å². The van der Waals surface area contributed by atoms with Gasteiger partial charge < -0.3 is 15.0 Å². The van der Waals surface area contributed by atoms with Crippen LogP contribution in [0.25, 0.3) is 0 Å². The molecule has 1 aromatic heterocycles. The fourth-order valence-corrected chi connectivity index (χ4v) is 3.49. The van der Waals surface area contributed by atoms with Crippen LogP contribution < -0.4 is 5.32 Å². The molecule has 1 aliphatic rings.